The standard InChI is InChI=1S/C15H20FN3/c1-3-4-5-8-19-10-12(9-18-19)13-6-7-14(17)11(2)15(13)16/h6-7,9-10H,3-5,8,17H2,1-2H3. The lowest BCUT2D eigenvalue weighted by Gasteiger charge is -2.06. The maximum Gasteiger partial charge on any atom is 0.136 e. The van der Waals surface area contributed by atoms with Gasteiger partial charge in [0.25, 0.3) is 0 Å². The number of unbranched alkanes of at least 4 members (excludes halogenated alkanes) is 2. The van der Waals surface area contributed by atoms with E-state index in [-0.39, 0.29) is 5.82 Å². The van der Waals surface area contributed by atoms with Gasteiger partial charge in [0.1, 0.15) is 5.82 Å². The lowest BCUT2D eigenvalue weighted by Crippen LogP contribution is -1.97. The average Bonchev–Trinajstić information content (AvgIpc) is 2.85. The molecule has 0 amide bonds. The molecular formula is C15H20FN3. The number of nitrogens with two attached hydrogens (primary N) is 1. The third kappa shape index (κ3) is 2.95. The molecule has 0 aliphatic carbocycles. The molecule has 3 nitrogen and oxygen atoms in total. The van der Waals surface area contributed by atoms with Crippen molar-refractivity contribution in [2.45, 2.75) is 39.7 Å². The maximum atomic E-state index is 14.1. The second-order valence-electron chi connectivity index (χ2n) is 4.84. The van der Waals surface area contributed by atoms with Gasteiger partial charge in [-0.1, -0.05) is 19.8 Å². The molecule has 2 aromatic rings. The van der Waals surface area contributed by atoms with Gasteiger partial charge in [-0.3, -0.25) is 4.68 Å². The van der Waals surface area contributed by atoms with Crippen LogP contribution in [0.3, 0.4) is 0 Å². The average molecular weight is 261 g/mol. The highest BCUT2D eigenvalue weighted by atomic mass is 19.1. The third-order valence-corrected chi connectivity index (χ3v) is 3.36. The van der Waals surface area contributed by atoms with Gasteiger partial charge in [-0.2, -0.15) is 5.10 Å². The summed E-state index contributed by atoms with van der Waals surface area (Å²) in [5.41, 5.74) is 8.04. The Morgan fingerprint density at radius 2 is 2.11 bits per heavy atom. The smallest absolute Gasteiger partial charge is 0.136 e. The predicted molar refractivity (Wildman–Crippen MR) is 76.3 cm³/mol. The molecule has 0 radical (unpaired) electrons. The van der Waals surface area contributed by atoms with Gasteiger partial charge < -0.3 is 5.73 Å². The Morgan fingerprint density at radius 3 is 2.84 bits per heavy atom. The number of benzene rings is 1. The number of nitrogen functional groups attached to an aromatic ring is 1. The molecule has 2 N–H and O–H groups in total. The number of aryl methyl sites for hydroxylation is 1. The normalized spacial score (nSPS) is 10.9. The number of halogens is 1. The van der Waals surface area contributed by atoms with Crippen LogP contribution in [0.15, 0.2) is 24.5 Å². The van der Waals surface area contributed by atoms with Gasteiger partial charge in [-0.25, -0.2) is 4.39 Å². The first-order valence-corrected chi connectivity index (χ1v) is 6.71. The van der Waals surface area contributed by atoms with E-state index < -0.39 is 0 Å². The van der Waals surface area contributed by atoms with E-state index >= 15 is 0 Å². The molecule has 0 bridgehead atoms. The van der Waals surface area contributed by atoms with E-state index in [4.69, 9.17) is 5.73 Å². The summed E-state index contributed by atoms with van der Waals surface area (Å²) in [5, 5.41) is 4.28. The summed E-state index contributed by atoms with van der Waals surface area (Å²) in [4.78, 5) is 0. The molecule has 2 rings (SSSR count). The number of nitrogens with zero attached hydrogens (tertiary/aromatic N) is 2. The summed E-state index contributed by atoms with van der Waals surface area (Å²) >= 11 is 0. The number of hydrogen-bond acceptors (Lipinski definition) is 2. The lowest BCUT2D eigenvalue weighted by atomic mass is 10.0. The molecule has 0 unspecified atom stereocenters. The molecule has 4 heteroatoms. The van der Waals surface area contributed by atoms with Crippen molar-refractivity contribution in [1.29, 1.82) is 0 Å². The first-order valence-electron chi connectivity index (χ1n) is 6.71. The van der Waals surface area contributed by atoms with Gasteiger partial charge >= 0.3 is 0 Å². The molecule has 0 aliphatic rings. The van der Waals surface area contributed by atoms with Gasteiger partial charge in [0.15, 0.2) is 0 Å². The SMILES string of the molecule is CCCCCn1cc(-c2ccc(N)c(C)c2F)cn1. The minimum atomic E-state index is -0.256. The fraction of sp³-hybridized carbons (Fsp3) is 0.400. The molecule has 0 fully saturated rings. The number of aromatic nitrogens is 2. The van der Waals surface area contributed by atoms with Crippen molar-refractivity contribution in [3.63, 3.8) is 0 Å². The molecule has 0 atom stereocenters. The van der Waals surface area contributed by atoms with Crippen molar-refractivity contribution < 1.29 is 4.39 Å². The Hall–Kier alpha value is -1.84. The van der Waals surface area contributed by atoms with E-state index in [2.05, 4.69) is 12.0 Å². The fourth-order valence-corrected chi connectivity index (χ4v) is 2.07. The second kappa shape index (κ2) is 5.87. The topological polar surface area (TPSA) is 43.8 Å². The van der Waals surface area contributed by atoms with Crippen molar-refractivity contribution >= 4 is 5.69 Å². The van der Waals surface area contributed by atoms with Crippen molar-refractivity contribution in [3.8, 4) is 11.1 Å². The minimum absolute atomic E-state index is 0.256. The fourth-order valence-electron chi connectivity index (χ4n) is 2.07. The predicted octanol–water partition coefficient (Wildman–Crippen LogP) is 3.77. The van der Waals surface area contributed by atoms with Crippen LogP contribution in [-0.2, 0) is 6.54 Å². The maximum absolute atomic E-state index is 14.1. The third-order valence-electron chi connectivity index (χ3n) is 3.36. The van der Waals surface area contributed by atoms with Crippen LogP contribution in [0.25, 0.3) is 11.1 Å². The van der Waals surface area contributed by atoms with E-state index in [0.717, 1.165) is 18.5 Å². The van der Waals surface area contributed by atoms with Crippen LogP contribution >= 0.6 is 0 Å². The number of anilines is 1. The van der Waals surface area contributed by atoms with Crippen LogP contribution in [0.1, 0.15) is 31.7 Å². The first-order chi connectivity index (χ1) is 9.13. The zero-order valence-corrected chi connectivity index (χ0v) is 11.5. The quantitative estimate of drug-likeness (QED) is 0.657. The van der Waals surface area contributed by atoms with E-state index in [0.29, 0.717) is 16.8 Å². The molecule has 102 valence electrons. The Morgan fingerprint density at radius 1 is 1.32 bits per heavy atom. The van der Waals surface area contributed by atoms with Crippen LogP contribution < -0.4 is 5.73 Å². The molecule has 0 spiro atoms. The van der Waals surface area contributed by atoms with Crippen LogP contribution in [-0.4, -0.2) is 9.78 Å². The van der Waals surface area contributed by atoms with Crippen molar-refractivity contribution in [1.82, 2.24) is 9.78 Å². The minimum Gasteiger partial charge on any atom is -0.398 e. The molecule has 1 heterocycles. The van der Waals surface area contributed by atoms with Crippen LogP contribution in [0, 0.1) is 12.7 Å². The summed E-state index contributed by atoms with van der Waals surface area (Å²) in [5.74, 6) is -0.256. The summed E-state index contributed by atoms with van der Waals surface area (Å²) in [6.07, 6.45) is 7.06. The summed E-state index contributed by atoms with van der Waals surface area (Å²) in [7, 11) is 0. The largest absolute Gasteiger partial charge is 0.398 e. The van der Waals surface area contributed by atoms with Gasteiger partial charge in [0.2, 0.25) is 0 Å². The highest BCUT2D eigenvalue weighted by molar-refractivity contribution is 5.67. The molecule has 0 saturated carbocycles. The zero-order chi connectivity index (χ0) is 13.8. The van der Waals surface area contributed by atoms with Crippen molar-refractivity contribution in [2.24, 2.45) is 0 Å². The van der Waals surface area contributed by atoms with Crippen LogP contribution in [0.5, 0.6) is 0 Å². The Balaban J connectivity index is 2.21. The second-order valence-corrected chi connectivity index (χ2v) is 4.84. The van der Waals surface area contributed by atoms with Gasteiger partial charge in [0.05, 0.1) is 6.20 Å². The highest BCUT2D eigenvalue weighted by Gasteiger charge is 2.11. The first kappa shape index (κ1) is 13.6. The Bertz CT molecular complexity index is 561. The van der Waals surface area contributed by atoms with Gasteiger partial charge in [-0.05, 0) is 25.5 Å². The molecule has 19 heavy (non-hydrogen) atoms. The Labute approximate surface area is 113 Å². The molecule has 0 aliphatic heterocycles. The van der Waals surface area contributed by atoms with Gasteiger partial charge in [-0.15, -0.1) is 0 Å². The molecule has 1 aromatic heterocycles. The summed E-state index contributed by atoms with van der Waals surface area (Å²) in [6, 6.07) is 3.45. The van der Waals surface area contributed by atoms with Crippen molar-refractivity contribution in [3.05, 3.63) is 35.9 Å². The van der Waals surface area contributed by atoms with Crippen LogP contribution in [0.2, 0.25) is 0 Å². The summed E-state index contributed by atoms with van der Waals surface area (Å²) < 4.78 is 16.0. The molecule has 1 aromatic carbocycles. The lowest BCUT2D eigenvalue weighted by molar-refractivity contribution is 0.553. The number of hydrogen-bond donors (Lipinski definition) is 1. The highest BCUT2D eigenvalue weighted by Crippen LogP contribution is 2.27. The molecular weight excluding hydrogens is 241 g/mol. The van der Waals surface area contributed by atoms with E-state index in [1.165, 1.54) is 12.8 Å². The van der Waals surface area contributed by atoms with Gasteiger partial charge in [0, 0.05) is 35.1 Å². The zero-order valence-electron chi connectivity index (χ0n) is 11.5. The van der Waals surface area contributed by atoms with Crippen molar-refractivity contribution in [2.75, 3.05) is 5.73 Å². The summed E-state index contributed by atoms with van der Waals surface area (Å²) in [6.45, 7) is 4.74. The van der Waals surface area contributed by atoms with E-state index in [9.17, 15) is 4.39 Å². The number of rotatable bonds is 5. The Kier molecular flexibility index (Phi) is 4.20. The van der Waals surface area contributed by atoms with Crippen LogP contribution in [0.4, 0.5) is 10.1 Å². The van der Waals surface area contributed by atoms with E-state index in [1.807, 2.05) is 10.9 Å². The molecule has 0 saturated heterocycles. The van der Waals surface area contributed by atoms with E-state index in [1.54, 1.807) is 25.3 Å². The monoisotopic (exact) mass is 261 g/mol.